The fraction of sp³-hybridized carbons (Fsp3) is 0.444. The lowest BCUT2D eigenvalue weighted by molar-refractivity contribution is 0.220. The van der Waals surface area contributed by atoms with Crippen molar-refractivity contribution in [2.24, 2.45) is 0 Å². The lowest BCUT2D eigenvalue weighted by Crippen LogP contribution is -2.42. The minimum absolute atomic E-state index is 0.0417. The van der Waals surface area contributed by atoms with Gasteiger partial charge in [0, 0.05) is 23.8 Å². The molecule has 2 atom stereocenters. The monoisotopic (exact) mass is 344 g/mol. The van der Waals surface area contributed by atoms with Gasteiger partial charge in [-0.1, -0.05) is 6.07 Å². The van der Waals surface area contributed by atoms with Crippen LogP contribution in [0.15, 0.2) is 42.0 Å². The maximum Gasteiger partial charge on any atom is 0.315 e. The maximum absolute atomic E-state index is 12.3. The first kappa shape index (κ1) is 16.9. The van der Waals surface area contributed by atoms with Crippen molar-refractivity contribution in [1.82, 2.24) is 20.5 Å². The van der Waals surface area contributed by atoms with Crippen LogP contribution >= 0.6 is 11.3 Å². The number of hydrogen-bond donors (Lipinski definition) is 2. The lowest BCUT2D eigenvalue weighted by Gasteiger charge is -2.27. The van der Waals surface area contributed by atoms with Crippen molar-refractivity contribution in [1.29, 1.82) is 0 Å². The zero-order valence-corrected chi connectivity index (χ0v) is 14.8. The molecule has 0 aromatic carbocycles. The molecule has 5 nitrogen and oxygen atoms in total. The molecule has 1 fully saturated rings. The molecule has 0 saturated carbocycles. The van der Waals surface area contributed by atoms with E-state index in [1.807, 2.05) is 19.1 Å². The van der Waals surface area contributed by atoms with E-state index in [1.165, 1.54) is 17.7 Å². The molecule has 2 N–H and O–H groups in total. The Morgan fingerprint density at radius 3 is 2.71 bits per heavy atom. The van der Waals surface area contributed by atoms with Gasteiger partial charge in [0.25, 0.3) is 0 Å². The Labute approximate surface area is 147 Å². The number of rotatable bonds is 6. The van der Waals surface area contributed by atoms with Crippen LogP contribution < -0.4 is 10.6 Å². The van der Waals surface area contributed by atoms with E-state index < -0.39 is 0 Å². The summed E-state index contributed by atoms with van der Waals surface area (Å²) in [6, 6.07) is 8.18. The molecule has 0 bridgehead atoms. The van der Waals surface area contributed by atoms with E-state index >= 15 is 0 Å². The Bertz CT molecular complexity index is 626. The smallest absolute Gasteiger partial charge is 0.315 e. The van der Waals surface area contributed by atoms with E-state index in [0.717, 1.165) is 18.7 Å². The molecule has 3 heterocycles. The number of hydrogen-bond acceptors (Lipinski definition) is 4. The molecule has 1 aliphatic heterocycles. The maximum atomic E-state index is 12.3. The van der Waals surface area contributed by atoms with E-state index in [1.54, 1.807) is 23.7 Å². The van der Waals surface area contributed by atoms with Gasteiger partial charge < -0.3 is 10.6 Å². The van der Waals surface area contributed by atoms with Gasteiger partial charge in [-0.05, 0) is 62.0 Å². The van der Waals surface area contributed by atoms with Gasteiger partial charge >= 0.3 is 6.03 Å². The molecule has 3 rings (SSSR count). The molecule has 1 aliphatic rings. The highest BCUT2D eigenvalue weighted by molar-refractivity contribution is 7.10. The number of carbonyl (C=O) groups is 1. The second-order valence-electron chi connectivity index (χ2n) is 6.13. The van der Waals surface area contributed by atoms with Crippen LogP contribution in [0.25, 0.3) is 0 Å². The van der Waals surface area contributed by atoms with Gasteiger partial charge in [-0.3, -0.25) is 9.88 Å². The van der Waals surface area contributed by atoms with Gasteiger partial charge in [-0.2, -0.15) is 0 Å². The molecule has 6 heteroatoms. The number of aromatic nitrogens is 1. The van der Waals surface area contributed by atoms with Crippen LogP contribution in [0.4, 0.5) is 4.79 Å². The first-order valence-electron chi connectivity index (χ1n) is 8.46. The molecule has 2 amide bonds. The molecular weight excluding hydrogens is 320 g/mol. The van der Waals surface area contributed by atoms with Crippen molar-refractivity contribution in [2.45, 2.75) is 31.8 Å². The third-order valence-electron chi connectivity index (χ3n) is 4.46. The third-order valence-corrected chi connectivity index (χ3v) is 5.44. The first-order valence-corrected chi connectivity index (χ1v) is 9.34. The summed E-state index contributed by atoms with van der Waals surface area (Å²) in [5.41, 5.74) is 1.05. The summed E-state index contributed by atoms with van der Waals surface area (Å²) in [5, 5.41) is 8.14. The van der Waals surface area contributed by atoms with E-state index in [0.29, 0.717) is 6.54 Å². The summed E-state index contributed by atoms with van der Waals surface area (Å²) in [4.78, 5) is 20.1. The van der Waals surface area contributed by atoms with Gasteiger partial charge in [0.05, 0.1) is 12.1 Å². The number of nitrogens with one attached hydrogen (secondary N) is 2. The number of carbonyl (C=O) groups excluding carboxylic acids is 1. The molecule has 1 saturated heterocycles. The average Bonchev–Trinajstić information content (AvgIpc) is 3.30. The molecular formula is C18H24N4OS. The standard InChI is InChI=1S/C18H24N4OS/c1-14(15-6-8-19-9-7-15)21-18(23)20-13-16(17-5-4-12-24-17)22-10-2-3-11-22/h4-9,12,14,16H,2-3,10-11,13H2,1H3,(H2,20,21,23)/t14-,16+/m0/s1. The van der Waals surface area contributed by atoms with Gasteiger partial charge in [0.15, 0.2) is 0 Å². The molecule has 0 spiro atoms. The SMILES string of the molecule is C[C@H](NC(=O)NC[C@H](c1cccs1)N1CCCC1)c1ccncc1. The van der Waals surface area contributed by atoms with Crippen molar-refractivity contribution in [3.63, 3.8) is 0 Å². The van der Waals surface area contributed by atoms with E-state index in [-0.39, 0.29) is 18.1 Å². The average molecular weight is 344 g/mol. The number of thiophene rings is 1. The molecule has 0 aliphatic carbocycles. The Balaban J connectivity index is 1.55. The van der Waals surface area contributed by atoms with E-state index in [2.05, 4.69) is 38.0 Å². The van der Waals surface area contributed by atoms with Gasteiger partial charge in [0.2, 0.25) is 0 Å². The Hall–Kier alpha value is -1.92. The quantitative estimate of drug-likeness (QED) is 0.845. The number of nitrogens with zero attached hydrogens (tertiary/aromatic N) is 2. The van der Waals surface area contributed by atoms with Crippen LogP contribution in [-0.4, -0.2) is 35.5 Å². The van der Waals surface area contributed by atoms with Crippen molar-refractivity contribution in [3.8, 4) is 0 Å². The van der Waals surface area contributed by atoms with Gasteiger partial charge in [-0.25, -0.2) is 4.79 Å². The highest BCUT2D eigenvalue weighted by Crippen LogP contribution is 2.27. The Morgan fingerprint density at radius 1 is 1.29 bits per heavy atom. The van der Waals surface area contributed by atoms with E-state index in [4.69, 9.17) is 0 Å². The molecule has 128 valence electrons. The summed E-state index contributed by atoms with van der Waals surface area (Å²) in [7, 11) is 0. The summed E-state index contributed by atoms with van der Waals surface area (Å²) in [5.74, 6) is 0. The number of amides is 2. The van der Waals surface area contributed by atoms with Crippen molar-refractivity contribution in [2.75, 3.05) is 19.6 Å². The Kier molecular flexibility index (Phi) is 5.82. The summed E-state index contributed by atoms with van der Waals surface area (Å²) in [6.07, 6.45) is 5.97. The van der Waals surface area contributed by atoms with Gasteiger partial charge in [-0.15, -0.1) is 11.3 Å². The van der Waals surface area contributed by atoms with Crippen LogP contribution in [0.2, 0.25) is 0 Å². The topological polar surface area (TPSA) is 57.3 Å². The third kappa shape index (κ3) is 4.33. The van der Waals surface area contributed by atoms with Crippen LogP contribution in [0, 0.1) is 0 Å². The fourth-order valence-corrected chi connectivity index (χ4v) is 3.98. The summed E-state index contributed by atoms with van der Waals surface area (Å²) < 4.78 is 0. The highest BCUT2D eigenvalue weighted by Gasteiger charge is 2.24. The second-order valence-corrected chi connectivity index (χ2v) is 7.11. The van der Waals surface area contributed by atoms with Crippen molar-refractivity contribution >= 4 is 17.4 Å². The largest absolute Gasteiger partial charge is 0.336 e. The van der Waals surface area contributed by atoms with Crippen molar-refractivity contribution in [3.05, 3.63) is 52.5 Å². The predicted molar refractivity (Wildman–Crippen MR) is 97.1 cm³/mol. The predicted octanol–water partition coefficient (Wildman–Crippen LogP) is 3.34. The number of likely N-dealkylation sites (tertiary alicyclic amines) is 1. The first-order chi connectivity index (χ1) is 11.7. The summed E-state index contributed by atoms with van der Waals surface area (Å²) >= 11 is 1.76. The second kappa shape index (κ2) is 8.26. The molecule has 24 heavy (non-hydrogen) atoms. The minimum atomic E-state index is -0.125. The fourth-order valence-electron chi connectivity index (χ4n) is 3.12. The van der Waals surface area contributed by atoms with E-state index in [9.17, 15) is 4.79 Å². The number of pyridine rings is 1. The molecule has 0 unspecified atom stereocenters. The van der Waals surface area contributed by atoms with Gasteiger partial charge in [0.1, 0.15) is 0 Å². The molecule has 2 aromatic rings. The zero-order chi connectivity index (χ0) is 16.8. The zero-order valence-electron chi connectivity index (χ0n) is 13.9. The lowest BCUT2D eigenvalue weighted by atomic mass is 10.1. The van der Waals surface area contributed by atoms with Crippen LogP contribution in [-0.2, 0) is 0 Å². The molecule has 2 aromatic heterocycles. The minimum Gasteiger partial charge on any atom is -0.336 e. The molecule has 0 radical (unpaired) electrons. The van der Waals surface area contributed by atoms with Crippen molar-refractivity contribution < 1.29 is 4.79 Å². The summed E-state index contributed by atoms with van der Waals surface area (Å²) in [6.45, 7) is 4.83. The normalized spacial score (nSPS) is 17.4. The highest BCUT2D eigenvalue weighted by atomic mass is 32.1. The van der Waals surface area contributed by atoms with Crippen LogP contribution in [0.1, 0.15) is 42.3 Å². The van der Waals surface area contributed by atoms with Crippen LogP contribution in [0.5, 0.6) is 0 Å². The Morgan fingerprint density at radius 2 is 2.04 bits per heavy atom. The number of urea groups is 1. The van der Waals surface area contributed by atoms with Crippen LogP contribution in [0.3, 0.4) is 0 Å².